The molecule has 2 aromatic rings. The van der Waals surface area contributed by atoms with Gasteiger partial charge in [-0.2, -0.15) is 0 Å². The van der Waals surface area contributed by atoms with Crippen LogP contribution in [-0.2, 0) is 0 Å². The Labute approximate surface area is 150 Å². The number of benzene rings is 1. The van der Waals surface area contributed by atoms with Gasteiger partial charge in [-0.25, -0.2) is 0 Å². The van der Waals surface area contributed by atoms with Crippen molar-refractivity contribution in [3.8, 4) is 11.4 Å². The molecule has 26 heavy (non-hydrogen) atoms. The topological polar surface area (TPSA) is 103 Å². The number of nitrogens with zero attached hydrogens (tertiary/aromatic N) is 1. The van der Waals surface area contributed by atoms with Gasteiger partial charge < -0.3 is 10.5 Å². The molecule has 0 radical (unpaired) electrons. The molecule has 7 nitrogen and oxygen atoms in total. The summed E-state index contributed by atoms with van der Waals surface area (Å²) in [6.07, 6.45) is 4.50. The van der Waals surface area contributed by atoms with Gasteiger partial charge in [-0.15, -0.1) is 0 Å². The van der Waals surface area contributed by atoms with E-state index >= 15 is 0 Å². The van der Waals surface area contributed by atoms with E-state index in [0.29, 0.717) is 18.0 Å². The Kier molecular flexibility index (Phi) is 5.06. The van der Waals surface area contributed by atoms with Crippen molar-refractivity contribution in [3.05, 3.63) is 51.8 Å². The molecule has 0 saturated heterocycles. The normalized spacial score (nSPS) is 12.8. The number of nitrogen functional groups attached to an aromatic ring is 1. The van der Waals surface area contributed by atoms with Gasteiger partial charge in [0.2, 0.25) is 0 Å². The van der Waals surface area contributed by atoms with E-state index in [2.05, 4.69) is 12.2 Å². The molecule has 0 fully saturated rings. The fourth-order valence-electron chi connectivity index (χ4n) is 2.96. The lowest BCUT2D eigenvalue weighted by molar-refractivity contribution is 0.0880. The van der Waals surface area contributed by atoms with Crippen molar-refractivity contribution < 1.29 is 14.3 Å². The lowest BCUT2D eigenvalue weighted by Crippen LogP contribution is -2.24. The number of hydrogen-bond acceptors (Lipinski definition) is 5. The minimum absolute atomic E-state index is 0.0146. The predicted octanol–water partition coefficient (Wildman–Crippen LogP) is 2.26. The molecule has 2 heterocycles. The Balaban J connectivity index is 1.82. The van der Waals surface area contributed by atoms with Crippen LogP contribution in [0.25, 0.3) is 5.69 Å². The molecule has 0 spiro atoms. The van der Waals surface area contributed by atoms with Crippen LogP contribution >= 0.6 is 0 Å². The minimum atomic E-state index is -0.604. The highest BCUT2D eigenvalue weighted by molar-refractivity contribution is 6.23. The number of amides is 2. The minimum Gasteiger partial charge on any atom is -0.494 e. The van der Waals surface area contributed by atoms with Crippen LogP contribution in [0.4, 0.5) is 5.82 Å². The molecule has 0 atom stereocenters. The molecule has 1 aromatic heterocycles. The Hall–Kier alpha value is -3.09. The number of carbonyl (C=O) groups is 2. The zero-order valence-corrected chi connectivity index (χ0v) is 14.6. The van der Waals surface area contributed by atoms with Gasteiger partial charge in [-0.3, -0.25) is 24.3 Å². The first-order chi connectivity index (χ1) is 12.5. The summed E-state index contributed by atoms with van der Waals surface area (Å²) in [7, 11) is 0. The van der Waals surface area contributed by atoms with Crippen molar-refractivity contribution in [2.75, 3.05) is 12.3 Å². The number of nitrogens with one attached hydrogen (secondary N) is 1. The van der Waals surface area contributed by atoms with Crippen LogP contribution in [0, 0.1) is 0 Å². The Morgan fingerprint density at radius 3 is 2.46 bits per heavy atom. The Bertz CT molecular complexity index is 900. The molecule has 0 saturated carbocycles. The summed E-state index contributed by atoms with van der Waals surface area (Å²) in [6.45, 7) is 2.80. The van der Waals surface area contributed by atoms with Crippen molar-refractivity contribution >= 4 is 17.6 Å². The highest BCUT2D eigenvalue weighted by Crippen LogP contribution is 2.23. The second-order valence-corrected chi connectivity index (χ2v) is 6.18. The third-order valence-electron chi connectivity index (χ3n) is 4.31. The summed E-state index contributed by atoms with van der Waals surface area (Å²) in [6, 6.07) is 8.02. The van der Waals surface area contributed by atoms with E-state index in [1.807, 2.05) is 0 Å². The lowest BCUT2D eigenvalue weighted by Gasteiger charge is -2.12. The molecular formula is C19H21N3O4. The Morgan fingerprint density at radius 1 is 1.04 bits per heavy atom. The molecule has 3 N–H and O–H groups in total. The molecule has 1 aliphatic heterocycles. The lowest BCUT2D eigenvalue weighted by atomic mass is 10.1. The van der Waals surface area contributed by atoms with Crippen molar-refractivity contribution in [1.29, 1.82) is 0 Å². The van der Waals surface area contributed by atoms with E-state index < -0.39 is 17.4 Å². The number of carbonyl (C=O) groups excluding carboxylic acids is 2. The average Bonchev–Trinajstić information content (AvgIpc) is 2.90. The van der Waals surface area contributed by atoms with E-state index in [4.69, 9.17) is 10.5 Å². The molecule has 0 unspecified atom stereocenters. The summed E-state index contributed by atoms with van der Waals surface area (Å²) >= 11 is 0. The number of anilines is 1. The summed E-state index contributed by atoms with van der Waals surface area (Å²) in [5.41, 5.74) is 6.08. The van der Waals surface area contributed by atoms with Crippen LogP contribution in [0.2, 0.25) is 0 Å². The van der Waals surface area contributed by atoms with Crippen molar-refractivity contribution in [3.63, 3.8) is 0 Å². The molecular weight excluding hydrogens is 334 g/mol. The fourth-order valence-corrected chi connectivity index (χ4v) is 2.96. The third-order valence-corrected chi connectivity index (χ3v) is 4.31. The third kappa shape index (κ3) is 3.33. The second-order valence-electron chi connectivity index (χ2n) is 6.18. The Morgan fingerprint density at radius 2 is 1.77 bits per heavy atom. The number of pyridine rings is 1. The highest BCUT2D eigenvalue weighted by Gasteiger charge is 2.31. The average molecular weight is 355 g/mol. The quantitative estimate of drug-likeness (QED) is 0.586. The van der Waals surface area contributed by atoms with Gasteiger partial charge in [-0.05, 0) is 30.7 Å². The molecule has 3 rings (SSSR count). The standard InChI is InChI=1S/C19H21N3O4/c1-2-3-4-5-10-26-13-8-6-12(7-9-13)22-15(23)11-14-16(17(22)20)19(25)21-18(14)24/h6-9,11H,2-5,10,20H2,1H3,(H,21,24,25). The fraction of sp³-hybridized carbons (Fsp3) is 0.316. The number of unbranched alkanes of at least 4 members (excludes halogenated alkanes) is 3. The molecule has 0 bridgehead atoms. The molecule has 0 aliphatic carbocycles. The van der Waals surface area contributed by atoms with Crippen molar-refractivity contribution in [2.24, 2.45) is 0 Å². The number of nitrogens with two attached hydrogens (primary N) is 1. The smallest absolute Gasteiger partial charge is 0.262 e. The molecule has 1 aliphatic rings. The summed E-state index contributed by atoms with van der Waals surface area (Å²) in [5.74, 6) is -0.550. The molecule has 1 aromatic carbocycles. The van der Waals surface area contributed by atoms with E-state index in [0.717, 1.165) is 18.9 Å². The van der Waals surface area contributed by atoms with E-state index in [1.165, 1.54) is 17.4 Å². The van der Waals surface area contributed by atoms with Crippen LogP contribution in [0.1, 0.15) is 53.3 Å². The monoisotopic (exact) mass is 355 g/mol. The number of imide groups is 1. The van der Waals surface area contributed by atoms with Gasteiger partial charge in [0.1, 0.15) is 11.6 Å². The number of ether oxygens (including phenoxy) is 1. The van der Waals surface area contributed by atoms with Crippen LogP contribution in [-0.4, -0.2) is 23.0 Å². The maximum Gasteiger partial charge on any atom is 0.262 e. The van der Waals surface area contributed by atoms with E-state index in [1.54, 1.807) is 24.3 Å². The number of hydrogen-bond donors (Lipinski definition) is 2. The van der Waals surface area contributed by atoms with Gasteiger partial charge in [0.15, 0.2) is 0 Å². The van der Waals surface area contributed by atoms with Gasteiger partial charge in [-0.1, -0.05) is 26.2 Å². The second kappa shape index (κ2) is 7.43. The summed E-state index contributed by atoms with van der Waals surface area (Å²) in [4.78, 5) is 35.9. The number of fused-ring (bicyclic) bond motifs is 1. The summed E-state index contributed by atoms with van der Waals surface area (Å²) < 4.78 is 6.89. The number of rotatable bonds is 7. The maximum absolute atomic E-state index is 12.4. The zero-order valence-electron chi connectivity index (χ0n) is 14.6. The predicted molar refractivity (Wildman–Crippen MR) is 97.9 cm³/mol. The zero-order chi connectivity index (χ0) is 18.7. The van der Waals surface area contributed by atoms with Crippen LogP contribution < -0.4 is 21.3 Å². The maximum atomic E-state index is 12.4. The number of aromatic nitrogens is 1. The van der Waals surface area contributed by atoms with Gasteiger partial charge >= 0.3 is 0 Å². The molecule has 7 heteroatoms. The van der Waals surface area contributed by atoms with E-state index in [9.17, 15) is 14.4 Å². The van der Waals surface area contributed by atoms with E-state index in [-0.39, 0.29) is 16.9 Å². The first kappa shape index (κ1) is 17.7. The van der Waals surface area contributed by atoms with Crippen LogP contribution in [0.3, 0.4) is 0 Å². The first-order valence-electron chi connectivity index (χ1n) is 8.67. The van der Waals surface area contributed by atoms with Crippen molar-refractivity contribution in [1.82, 2.24) is 9.88 Å². The van der Waals surface area contributed by atoms with Crippen LogP contribution in [0.5, 0.6) is 5.75 Å². The molecule has 2 amide bonds. The van der Waals surface area contributed by atoms with Gasteiger partial charge in [0, 0.05) is 6.07 Å². The van der Waals surface area contributed by atoms with Gasteiger partial charge in [0.25, 0.3) is 17.4 Å². The molecule has 136 valence electrons. The highest BCUT2D eigenvalue weighted by atomic mass is 16.5. The largest absolute Gasteiger partial charge is 0.494 e. The SMILES string of the molecule is CCCCCCOc1ccc(-n2c(N)c3c(cc2=O)C(=O)NC3=O)cc1. The van der Waals surface area contributed by atoms with Gasteiger partial charge in [0.05, 0.1) is 23.4 Å². The first-order valence-corrected chi connectivity index (χ1v) is 8.67. The van der Waals surface area contributed by atoms with Crippen LogP contribution in [0.15, 0.2) is 35.1 Å². The summed E-state index contributed by atoms with van der Waals surface area (Å²) in [5, 5.41) is 2.15. The van der Waals surface area contributed by atoms with Crippen molar-refractivity contribution in [2.45, 2.75) is 32.6 Å².